The molecule has 1 aromatic rings. The lowest BCUT2D eigenvalue weighted by Gasteiger charge is -2.23. The molecule has 0 saturated carbocycles. The predicted molar refractivity (Wildman–Crippen MR) is 70.3 cm³/mol. The normalized spacial score (nSPS) is 20.9. The van der Waals surface area contributed by atoms with Crippen LogP contribution < -0.4 is 10.0 Å². The van der Waals surface area contributed by atoms with Crippen molar-refractivity contribution in [3.8, 4) is 0 Å². The van der Waals surface area contributed by atoms with Gasteiger partial charge in [-0.1, -0.05) is 15.9 Å². The molecule has 0 unspecified atom stereocenters. The molecule has 0 spiro atoms. The molecule has 1 heterocycles. The monoisotopic (exact) mass is 336 g/mol. The molecule has 7 heteroatoms. The summed E-state index contributed by atoms with van der Waals surface area (Å²) in [6.07, 6.45) is 1.68. The summed E-state index contributed by atoms with van der Waals surface area (Å²) < 4.78 is 40.8. The van der Waals surface area contributed by atoms with Crippen LogP contribution in [-0.4, -0.2) is 27.5 Å². The Morgan fingerprint density at radius 3 is 2.89 bits per heavy atom. The van der Waals surface area contributed by atoms with Crippen LogP contribution in [0.2, 0.25) is 0 Å². The highest BCUT2D eigenvalue weighted by molar-refractivity contribution is 9.10. The lowest BCUT2D eigenvalue weighted by molar-refractivity contribution is 0.427. The zero-order valence-electron chi connectivity index (χ0n) is 9.62. The van der Waals surface area contributed by atoms with Gasteiger partial charge >= 0.3 is 0 Å². The van der Waals surface area contributed by atoms with E-state index in [-0.39, 0.29) is 10.9 Å². The Morgan fingerprint density at radius 2 is 2.22 bits per heavy atom. The van der Waals surface area contributed by atoms with E-state index in [2.05, 4.69) is 26.0 Å². The summed E-state index contributed by atoms with van der Waals surface area (Å²) in [7, 11) is -3.81. The average molecular weight is 337 g/mol. The van der Waals surface area contributed by atoms with Gasteiger partial charge in [0.25, 0.3) is 0 Å². The Bertz CT molecular complexity index is 530. The Balaban J connectivity index is 2.21. The molecule has 1 saturated heterocycles. The van der Waals surface area contributed by atoms with E-state index in [9.17, 15) is 12.8 Å². The summed E-state index contributed by atoms with van der Waals surface area (Å²) >= 11 is 3.14. The Kier molecular flexibility index (Phi) is 4.37. The fraction of sp³-hybridized carbons (Fsp3) is 0.455. The summed E-state index contributed by atoms with van der Waals surface area (Å²) in [5.41, 5.74) is 0. The molecule has 0 radical (unpaired) electrons. The van der Waals surface area contributed by atoms with E-state index in [1.165, 1.54) is 12.1 Å². The van der Waals surface area contributed by atoms with E-state index in [1.807, 2.05) is 0 Å². The van der Waals surface area contributed by atoms with Gasteiger partial charge in [0.1, 0.15) is 10.7 Å². The molecular weight excluding hydrogens is 323 g/mol. The zero-order valence-corrected chi connectivity index (χ0v) is 12.0. The van der Waals surface area contributed by atoms with Gasteiger partial charge < -0.3 is 5.32 Å². The second-order valence-electron chi connectivity index (χ2n) is 4.24. The lowest BCUT2D eigenvalue weighted by Crippen LogP contribution is -2.45. The van der Waals surface area contributed by atoms with Crippen LogP contribution in [0.1, 0.15) is 12.8 Å². The first-order chi connectivity index (χ1) is 8.49. The van der Waals surface area contributed by atoms with E-state index in [4.69, 9.17) is 0 Å². The number of hydrogen-bond donors (Lipinski definition) is 2. The third kappa shape index (κ3) is 3.28. The highest BCUT2D eigenvalue weighted by Crippen LogP contribution is 2.20. The molecule has 1 fully saturated rings. The minimum Gasteiger partial charge on any atom is -0.315 e. The van der Waals surface area contributed by atoms with Crippen LogP contribution in [0.5, 0.6) is 0 Å². The molecule has 1 aromatic carbocycles. The highest BCUT2D eigenvalue weighted by Gasteiger charge is 2.24. The van der Waals surface area contributed by atoms with Crippen molar-refractivity contribution < 1.29 is 12.8 Å². The summed E-state index contributed by atoms with van der Waals surface area (Å²) in [5, 5.41) is 3.10. The van der Waals surface area contributed by atoms with E-state index >= 15 is 0 Å². The third-order valence-electron chi connectivity index (χ3n) is 2.80. The molecule has 0 amide bonds. The van der Waals surface area contributed by atoms with Gasteiger partial charge in [0.15, 0.2) is 0 Å². The van der Waals surface area contributed by atoms with Gasteiger partial charge in [0.05, 0.1) is 0 Å². The van der Waals surface area contributed by atoms with E-state index in [0.29, 0.717) is 11.0 Å². The summed E-state index contributed by atoms with van der Waals surface area (Å²) in [6, 6.07) is 3.70. The number of sulfonamides is 1. The number of rotatable bonds is 3. The van der Waals surface area contributed by atoms with Crippen LogP contribution in [-0.2, 0) is 10.0 Å². The Hall–Kier alpha value is -0.500. The molecule has 1 aliphatic heterocycles. The zero-order chi connectivity index (χ0) is 13.2. The quantitative estimate of drug-likeness (QED) is 0.881. The first kappa shape index (κ1) is 13.9. The maximum Gasteiger partial charge on any atom is 0.243 e. The number of halogens is 2. The van der Waals surface area contributed by atoms with Gasteiger partial charge in [-0.2, -0.15) is 0 Å². The van der Waals surface area contributed by atoms with Crippen LogP contribution in [0.3, 0.4) is 0 Å². The number of hydrogen-bond acceptors (Lipinski definition) is 3. The molecule has 4 nitrogen and oxygen atoms in total. The van der Waals surface area contributed by atoms with Crippen molar-refractivity contribution in [3.63, 3.8) is 0 Å². The lowest BCUT2D eigenvalue weighted by atomic mass is 10.1. The molecule has 1 aliphatic rings. The second kappa shape index (κ2) is 5.64. The van der Waals surface area contributed by atoms with Crippen molar-refractivity contribution in [1.29, 1.82) is 0 Å². The van der Waals surface area contributed by atoms with Crippen LogP contribution in [0.25, 0.3) is 0 Å². The van der Waals surface area contributed by atoms with Crippen molar-refractivity contribution in [2.75, 3.05) is 13.1 Å². The molecular formula is C11H14BrFN2O2S. The number of nitrogens with one attached hydrogen (secondary N) is 2. The maximum absolute atomic E-state index is 13.6. The first-order valence-electron chi connectivity index (χ1n) is 5.67. The van der Waals surface area contributed by atoms with E-state index in [0.717, 1.165) is 25.5 Å². The van der Waals surface area contributed by atoms with Crippen molar-refractivity contribution in [1.82, 2.24) is 10.0 Å². The fourth-order valence-corrected chi connectivity index (χ4v) is 3.80. The van der Waals surface area contributed by atoms with Gasteiger partial charge in [0, 0.05) is 17.1 Å². The van der Waals surface area contributed by atoms with Gasteiger partial charge in [-0.3, -0.25) is 0 Å². The molecule has 1 atom stereocenters. The van der Waals surface area contributed by atoms with Crippen LogP contribution >= 0.6 is 15.9 Å². The fourth-order valence-electron chi connectivity index (χ4n) is 1.92. The Morgan fingerprint density at radius 1 is 1.44 bits per heavy atom. The molecule has 2 N–H and O–H groups in total. The standard InChI is InChI=1S/C11H14BrFN2O2S/c12-8-3-4-10(13)11(6-8)18(16,17)15-9-2-1-5-14-7-9/h3-4,6,9,14-15H,1-2,5,7H2/t9-/m1/s1. The van der Waals surface area contributed by atoms with E-state index < -0.39 is 15.8 Å². The smallest absolute Gasteiger partial charge is 0.243 e. The molecule has 0 bridgehead atoms. The van der Waals surface area contributed by atoms with E-state index in [1.54, 1.807) is 0 Å². The minimum absolute atomic E-state index is 0.179. The Labute approximate surface area is 114 Å². The second-order valence-corrected chi connectivity index (χ2v) is 6.84. The summed E-state index contributed by atoms with van der Waals surface area (Å²) in [4.78, 5) is -0.317. The molecule has 18 heavy (non-hydrogen) atoms. The van der Waals surface area contributed by atoms with Gasteiger partial charge in [-0.05, 0) is 37.6 Å². The van der Waals surface area contributed by atoms with Gasteiger partial charge in [-0.25, -0.2) is 17.5 Å². The summed E-state index contributed by atoms with van der Waals surface area (Å²) in [6.45, 7) is 1.47. The maximum atomic E-state index is 13.6. The topological polar surface area (TPSA) is 58.2 Å². The molecule has 100 valence electrons. The highest BCUT2D eigenvalue weighted by atomic mass is 79.9. The van der Waals surface area contributed by atoms with Crippen molar-refractivity contribution in [2.24, 2.45) is 0 Å². The SMILES string of the molecule is O=S(=O)(N[C@@H]1CCCNC1)c1cc(Br)ccc1F. The predicted octanol–water partition coefficient (Wildman–Crippen LogP) is 1.62. The molecule has 0 aromatic heterocycles. The molecule has 0 aliphatic carbocycles. The largest absolute Gasteiger partial charge is 0.315 e. The van der Waals surface area contributed by atoms with Crippen LogP contribution in [0, 0.1) is 5.82 Å². The van der Waals surface area contributed by atoms with Crippen molar-refractivity contribution in [2.45, 2.75) is 23.8 Å². The minimum atomic E-state index is -3.81. The van der Waals surface area contributed by atoms with Crippen molar-refractivity contribution in [3.05, 3.63) is 28.5 Å². The van der Waals surface area contributed by atoms with Gasteiger partial charge in [0.2, 0.25) is 10.0 Å². The van der Waals surface area contributed by atoms with Crippen LogP contribution in [0.4, 0.5) is 4.39 Å². The van der Waals surface area contributed by atoms with Crippen molar-refractivity contribution >= 4 is 26.0 Å². The van der Waals surface area contributed by atoms with Gasteiger partial charge in [-0.15, -0.1) is 0 Å². The average Bonchev–Trinajstić information content (AvgIpc) is 2.33. The third-order valence-corrected chi connectivity index (χ3v) is 4.83. The summed E-state index contributed by atoms with van der Waals surface area (Å²) in [5.74, 6) is -0.741. The molecule has 2 rings (SSSR count). The van der Waals surface area contributed by atoms with Crippen LogP contribution in [0.15, 0.2) is 27.6 Å². The first-order valence-corrected chi connectivity index (χ1v) is 7.95. The number of benzene rings is 1. The number of piperidine rings is 1.